The summed E-state index contributed by atoms with van der Waals surface area (Å²) in [5, 5.41) is 14.7. The molecule has 0 saturated carbocycles. The number of nitro groups is 1. The first-order chi connectivity index (χ1) is 23.2. The fourth-order valence-electron chi connectivity index (χ4n) is 7.84. The molecule has 7 rings (SSSR count). The Kier molecular flexibility index (Phi) is 8.70. The fourth-order valence-corrected chi connectivity index (χ4v) is 7.84. The van der Waals surface area contributed by atoms with Crippen LogP contribution in [0.3, 0.4) is 0 Å². The van der Waals surface area contributed by atoms with Gasteiger partial charge in [-0.15, -0.1) is 0 Å². The van der Waals surface area contributed by atoms with Crippen LogP contribution in [0.25, 0.3) is 0 Å². The van der Waals surface area contributed by atoms with E-state index in [-0.39, 0.29) is 22.6 Å². The zero-order valence-corrected chi connectivity index (χ0v) is 27.8. The molecule has 3 aromatic carbocycles. The number of carbonyl (C=O) groups excluding carboxylic acids is 1. The van der Waals surface area contributed by atoms with Crippen LogP contribution in [0.1, 0.15) is 90.4 Å². The first kappa shape index (κ1) is 31.9. The van der Waals surface area contributed by atoms with Crippen LogP contribution >= 0.6 is 0 Å². The second kappa shape index (κ2) is 13.1. The van der Waals surface area contributed by atoms with Crippen molar-refractivity contribution in [3.05, 3.63) is 123 Å². The number of esters is 1. The summed E-state index contributed by atoms with van der Waals surface area (Å²) in [7, 11) is 0. The van der Waals surface area contributed by atoms with E-state index in [1.54, 1.807) is 6.33 Å². The zero-order valence-electron chi connectivity index (χ0n) is 27.8. The molecular formula is C38H42N6O4. The van der Waals surface area contributed by atoms with Crippen molar-refractivity contribution in [2.45, 2.75) is 76.6 Å². The monoisotopic (exact) mass is 646 g/mol. The molecule has 2 atom stereocenters. The van der Waals surface area contributed by atoms with Gasteiger partial charge in [-0.3, -0.25) is 15.0 Å². The number of piperidine rings is 1. The number of aromatic nitrogens is 2. The van der Waals surface area contributed by atoms with Crippen LogP contribution in [0.2, 0.25) is 0 Å². The summed E-state index contributed by atoms with van der Waals surface area (Å²) in [5.74, 6) is 0.440. The molecule has 0 unspecified atom stereocenters. The first-order valence-electron chi connectivity index (χ1n) is 16.9. The first-order valence-corrected chi connectivity index (χ1v) is 16.9. The lowest BCUT2D eigenvalue weighted by molar-refractivity contribution is -0.384. The summed E-state index contributed by atoms with van der Waals surface area (Å²) in [4.78, 5) is 38.3. The maximum absolute atomic E-state index is 13.1. The predicted octanol–water partition coefficient (Wildman–Crippen LogP) is 6.97. The van der Waals surface area contributed by atoms with E-state index >= 15 is 0 Å². The molecule has 0 amide bonds. The van der Waals surface area contributed by atoms with Gasteiger partial charge in [0.25, 0.3) is 5.69 Å². The number of nitrogens with zero attached hydrogens (tertiary/aromatic N) is 5. The second-order valence-corrected chi connectivity index (χ2v) is 13.8. The van der Waals surface area contributed by atoms with Gasteiger partial charge in [0, 0.05) is 54.5 Å². The van der Waals surface area contributed by atoms with Crippen LogP contribution in [0.15, 0.2) is 79.1 Å². The Morgan fingerprint density at radius 3 is 2.50 bits per heavy atom. The maximum Gasteiger partial charge on any atom is 0.338 e. The molecule has 3 heterocycles. The Labute approximate surface area is 281 Å². The van der Waals surface area contributed by atoms with Crippen molar-refractivity contribution in [1.82, 2.24) is 20.2 Å². The number of carbonyl (C=O) groups is 1. The average Bonchev–Trinajstić information content (AvgIpc) is 3.59. The number of likely N-dealkylation sites (tertiary alicyclic amines) is 1. The summed E-state index contributed by atoms with van der Waals surface area (Å²) in [6.07, 6.45) is 3.77. The zero-order chi connectivity index (χ0) is 33.4. The molecule has 0 bridgehead atoms. The van der Waals surface area contributed by atoms with Crippen LogP contribution in [0.4, 0.5) is 17.2 Å². The summed E-state index contributed by atoms with van der Waals surface area (Å²) in [5.41, 5.74) is 7.26. The minimum atomic E-state index is -0.529. The summed E-state index contributed by atoms with van der Waals surface area (Å²) >= 11 is 0. The smallest absolute Gasteiger partial charge is 0.338 e. The van der Waals surface area contributed by atoms with E-state index in [0.717, 1.165) is 62.6 Å². The largest absolute Gasteiger partial charge is 0.452 e. The van der Waals surface area contributed by atoms with Gasteiger partial charge in [0.15, 0.2) is 0 Å². The molecule has 1 saturated heterocycles. The van der Waals surface area contributed by atoms with Gasteiger partial charge in [0.1, 0.15) is 18.2 Å². The molecular weight excluding hydrogens is 604 g/mol. The van der Waals surface area contributed by atoms with Crippen molar-refractivity contribution in [2.24, 2.45) is 0 Å². The number of nitrogens with one attached hydrogen (secondary N) is 1. The SMILES string of the molecule is CC(C)NCc1cccc2c1C1(CCN(Cc3ccccc3)CC1)CN2c1ncnc2c1[C@H](C)C[C@H]2OC(=O)c1ccc([N+](=O)[O-])cc1. The van der Waals surface area contributed by atoms with Crippen molar-refractivity contribution < 1.29 is 14.5 Å². The highest BCUT2D eigenvalue weighted by atomic mass is 16.6. The summed E-state index contributed by atoms with van der Waals surface area (Å²) in [6, 6.07) is 23.3. The number of ether oxygens (including phenoxy) is 1. The lowest BCUT2D eigenvalue weighted by atomic mass is 9.72. The molecule has 0 radical (unpaired) electrons. The van der Waals surface area contributed by atoms with Crippen LogP contribution in [0.5, 0.6) is 0 Å². The van der Waals surface area contributed by atoms with Crippen LogP contribution < -0.4 is 10.2 Å². The van der Waals surface area contributed by atoms with E-state index in [1.165, 1.54) is 46.6 Å². The highest BCUT2D eigenvalue weighted by Crippen LogP contribution is 2.54. The van der Waals surface area contributed by atoms with Crippen LogP contribution in [-0.2, 0) is 23.2 Å². The Morgan fingerprint density at radius 1 is 1.04 bits per heavy atom. The molecule has 10 heteroatoms. The second-order valence-electron chi connectivity index (χ2n) is 13.8. The maximum atomic E-state index is 13.1. The molecule has 48 heavy (non-hydrogen) atoms. The highest BCUT2D eigenvalue weighted by Gasteiger charge is 2.48. The predicted molar refractivity (Wildman–Crippen MR) is 184 cm³/mol. The van der Waals surface area contributed by atoms with Gasteiger partial charge in [0.05, 0.1) is 16.2 Å². The van der Waals surface area contributed by atoms with E-state index in [2.05, 4.69) is 89.4 Å². The van der Waals surface area contributed by atoms with Crippen molar-refractivity contribution in [3.8, 4) is 0 Å². The molecule has 1 fully saturated rings. The number of fused-ring (bicyclic) bond motifs is 3. The number of anilines is 2. The van der Waals surface area contributed by atoms with Gasteiger partial charge in [-0.25, -0.2) is 14.8 Å². The van der Waals surface area contributed by atoms with Gasteiger partial charge < -0.3 is 15.0 Å². The third-order valence-corrected chi connectivity index (χ3v) is 10.3. The number of non-ortho nitro benzene ring substituents is 1. The summed E-state index contributed by atoms with van der Waals surface area (Å²) in [6.45, 7) is 11.2. The topological polar surface area (TPSA) is 114 Å². The minimum absolute atomic E-state index is 0.0146. The minimum Gasteiger partial charge on any atom is -0.452 e. The molecule has 248 valence electrons. The molecule has 1 spiro atoms. The van der Waals surface area contributed by atoms with Crippen LogP contribution in [-0.4, -0.2) is 51.4 Å². The number of rotatable bonds is 9. The molecule has 4 aromatic rings. The Hall–Kier alpha value is -4.67. The van der Waals surface area contributed by atoms with E-state index < -0.39 is 17.0 Å². The average molecular weight is 647 g/mol. The number of nitro benzene ring substituents is 1. The highest BCUT2D eigenvalue weighted by molar-refractivity contribution is 5.90. The number of hydrogen-bond acceptors (Lipinski definition) is 9. The van der Waals surface area contributed by atoms with Crippen molar-refractivity contribution in [3.63, 3.8) is 0 Å². The number of benzene rings is 3. The van der Waals surface area contributed by atoms with Crippen molar-refractivity contribution >= 4 is 23.2 Å². The quantitative estimate of drug-likeness (QED) is 0.117. The van der Waals surface area contributed by atoms with Gasteiger partial charge in [-0.1, -0.05) is 63.2 Å². The van der Waals surface area contributed by atoms with Crippen molar-refractivity contribution in [1.29, 1.82) is 0 Å². The Morgan fingerprint density at radius 2 is 1.79 bits per heavy atom. The van der Waals surface area contributed by atoms with Crippen LogP contribution in [0, 0.1) is 10.1 Å². The molecule has 10 nitrogen and oxygen atoms in total. The van der Waals surface area contributed by atoms with Gasteiger partial charge in [-0.2, -0.15) is 0 Å². The Balaban J connectivity index is 1.19. The third kappa shape index (κ3) is 6.06. The van der Waals surface area contributed by atoms with Crippen molar-refractivity contribution in [2.75, 3.05) is 24.5 Å². The van der Waals surface area contributed by atoms with E-state index in [4.69, 9.17) is 9.72 Å². The molecule has 2 aliphatic heterocycles. The lowest BCUT2D eigenvalue weighted by Gasteiger charge is -2.41. The van der Waals surface area contributed by atoms with Gasteiger partial charge in [0.2, 0.25) is 0 Å². The van der Waals surface area contributed by atoms with Gasteiger partial charge in [-0.05, 0) is 73.2 Å². The lowest BCUT2D eigenvalue weighted by Crippen LogP contribution is -2.45. The summed E-state index contributed by atoms with van der Waals surface area (Å²) < 4.78 is 5.99. The standard InChI is InChI=1S/C38H42N6O4/c1-25(2)39-21-29-10-7-11-31-34(29)38(16-18-42(19-17-38)22-27-8-5-4-6-9-27)23-43(31)36-33-26(3)20-32(35(33)40-24-41-36)48-37(45)28-12-14-30(15-13-28)44(46)47/h4-15,24-26,32,39H,16-23H2,1-3H3/t26-,32-/m1/s1. The van der Waals surface area contributed by atoms with E-state index in [0.29, 0.717) is 12.5 Å². The molecule has 1 N–H and O–H groups in total. The number of hydrogen-bond donors (Lipinski definition) is 1. The normalized spacial score (nSPS) is 19.8. The van der Waals surface area contributed by atoms with Gasteiger partial charge >= 0.3 is 5.97 Å². The molecule has 3 aliphatic rings. The Bertz CT molecular complexity index is 1800. The molecule has 1 aliphatic carbocycles. The van der Waals surface area contributed by atoms with E-state index in [9.17, 15) is 14.9 Å². The molecule has 1 aromatic heterocycles. The third-order valence-electron chi connectivity index (χ3n) is 10.3. The fraction of sp³-hybridized carbons (Fsp3) is 0.395. The van der Waals surface area contributed by atoms with E-state index in [1.807, 2.05) is 0 Å².